The second-order valence-corrected chi connectivity index (χ2v) is 9.72. The van der Waals surface area contributed by atoms with Crippen LogP contribution in [0.2, 0.25) is 0 Å². The standard InChI is InChI=1S/C16H18N4O5S2/c1-26(22,23)11-15(16(21)19-9-3-7-17)20-27(24,25)13-5-6-14-12(10-13)4-2-8-18-14/h2,4-6,8,10,15,20H,3,9,11H2,1H3,(H,19,21). The zero-order valence-corrected chi connectivity index (χ0v) is 16.0. The maximum atomic E-state index is 12.6. The van der Waals surface area contributed by atoms with E-state index in [-0.39, 0.29) is 17.9 Å². The molecule has 2 N–H and O–H groups in total. The first-order valence-electron chi connectivity index (χ1n) is 7.82. The molecule has 0 fully saturated rings. The second-order valence-electron chi connectivity index (χ2n) is 5.82. The largest absolute Gasteiger partial charge is 0.354 e. The van der Waals surface area contributed by atoms with Crippen molar-refractivity contribution in [1.29, 1.82) is 5.26 Å². The Hall–Kier alpha value is -2.55. The number of nitriles is 1. The van der Waals surface area contributed by atoms with Crippen molar-refractivity contribution in [3.8, 4) is 6.07 Å². The average Bonchev–Trinajstić information content (AvgIpc) is 2.59. The number of nitrogens with zero attached hydrogens (tertiary/aromatic N) is 2. The quantitative estimate of drug-likeness (QED) is 0.580. The van der Waals surface area contributed by atoms with Crippen molar-refractivity contribution in [3.63, 3.8) is 0 Å². The highest BCUT2D eigenvalue weighted by Gasteiger charge is 2.28. The molecule has 0 bridgehead atoms. The fourth-order valence-electron chi connectivity index (χ4n) is 2.31. The van der Waals surface area contributed by atoms with Crippen LogP contribution in [0.4, 0.5) is 0 Å². The number of pyridine rings is 1. The Morgan fingerprint density at radius 2 is 2.00 bits per heavy atom. The summed E-state index contributed by atoms with van der Waals surface area (Å²) in [7, 11) is -7.82. The summed E-state index contributed by atoms with van der Waals surface area (Å²) < 4.78 is 50.6. The van der Waals surface area contributed by atoms with E-state index in [1.54, 1.807) is 18.3 Å². The molecule has 0 aliphatic rings. The fourth-order valence-corrected chi connectivity index (χ4v) is 4.48. The number of hydrogen-bond acceptors (Lipinski definition) is 7. The molecule has 2 aromatic rings. The van der Waals surface area contributed by atoms with Gasteiger partial charge in [0.2, 0.25) is 15.9 Å². The lowest BCUT2D eigenvalue weighted by molar-refractivity contribution is -0.122. The van der Waals surface area contributed by atoms with Gasteiger partial charge in [0.05, 0.1) is 28.7 Å². The number of amides is 1. The second kappa shape index (κ2) is 8.43. The lowest BCUT2D eigenvalue weighted by Gasteiger charge is -2.17. The van der Waals surface area contributed by atoms with Gasteiger partial charge in [0.15, 0.2) is 0 Å². The molecule has 0 saturated heterocycles. The van der Waals surface area contributed by atoms with Gasteiger partial charge < -0.3 is 5.32 Å². The number of carbonyl (C=O) groups is 1. The van der Waals surface area contributed by atoms with Gasteiger partial charge in [0.1, 0.15) is 15.9 Å². The number of benzene rings is 1. The third kappa shape index (κ3) is 5.99. The van der Waals surface area contributed by atoms with Crippen LogP contribution in [-0.2, 0) is 24.7 Å². The maximum absolute atomic E-state index is 12.6. The summed E-state index contributed by atoms with van der Waals surface area (Å²) in [5.41, 5.74) is 0.596. The van der Waals surface area contributed by atoms with Gasteiger partial charge in [-0.1, -0.05) is 6.07 Å². The predicted octanol–water partition coefficient (Wildman–Crippen LogP) is -0.0438. The molecule has 27 heavy (non-hydrogen) atoms. The molecule has 0 spiro atoms. The van der Waals surface area contributed by atoms with Crippen LogP contribution in [0.5, 0.6) is 0 Å². The minimum Gasteiger partial charge on any atom is -0.354 e. The van der Waals surface area contributed by atoms with Gasteiger partial charge in [-0.3, -0.25) is 9.78 Å². The third-order valence-electron chi connectivity index (χ3n) is 3.50. The van der Waals surface area contributed by atoms with Gasteiger partial charge >= 0.3 is 0 Å². The Morgan fingerprint density at radius 3 is 2.67 bits per heavy atom. The normalized spacial score (nSPS) is 13.0. The third-order valence-corrected chi connectivity index (χ3v) is 5.91. The molecule has 1 aromatic heterocycles. The minimum absolute atomic E-state index is 0.0149. The van der Waals surface area contributed by atoms with Crippen LogP contribution in [0.25, 0.3) is 10.9 Å². The fraction of sp³-hybridized carbons (Fsp3) is 0.312. The van der Waals surface area contributed by atoms with E-state index in [1.807, 2.05) is 6.07 Å². The first kappa shape index (κ1) is 20.8. The van der Waals surface area contributed by atoms with Crippen LogP contribution in [0.1, 0.15) is 6.42 Å². The average molecular weight is 410 g/mol. The lowest BCUT2D eigenvalue weighted by atomic mass is 10.2. The summed E-state index contributed by atoms with van der Waals surface area (Å²) in [6.45, 7) is -0.0149. The molecule has 0 saturated carbocycles. The molecule has 1 atom stereocenters. The maximum Gasteiger partial charge on any atom is 0.241 e. The van der Waals surface area contributed by atoms with Crippen LogP contribution in [0.3, 0.4) is 0 Å². The van der Waals surface area contributed by atoms with Crippen molar-refractivity contribution < 1.29 is 21.6 Å². The van der Waals surface area contributed by atoms with Crippen molar-refractivity contribution in [1.82, 2.24) is 15.0 Å². The highest BCUT2D eigenvalue weighted by Crippen LogP contribution is 2.17. The zero-order valence-electron chi connectivity index (χ0n) is 14.4. The van der Waals surface area contributed by atoms with Gasteiger partial charge in [-0.15, -0.1) is 0 Å². The Kier molecular flexibility index (Phi) is 6.48. The monoisotopic (exact) mass is 410 g/mol. The molecular formula is C16H18N4O5S2. The Morgan fingerprint density at radius 1 is 1.26 bits per heavy atom. The summed E-state index contributed by atoms with van der Waals surface area (Å²) in [6.07, 6.45) is 2.49. The molecule has 144 valence electrons. The first-order valence-corrected chi connectivity index (χ1v) is 11.4. The van der Waals surface area contributed by atoms with E-state index in [2.05, 4.69) is 15.0 Å². The molecule has 1 amide bonds. The van der Waals surface area contributed by atoms with Gasteiger partial charge in [-0.25, -0.2) is 16.8 Å². The number of aromatic nitrogens is 1. The molecule has 2 rings (SSSR count). The number of rotatable bonds is 8. The molecule has 1 heterocycles. The van der Waals surface area contributed by atoms with E-state index in [0.29, 0.717) is 10.9 Å². The van der Waals surface area contributed by atoms with Crippen molar-refractivity contribution in [2.75, 3.05) is 18.6 Å². The molecule has 0 aliphatic carbocycles. The van der Waals surface area contributed by atoms with Gasteiger partial charge in [-0.05, 0) is 24.3 Å². The predicted molar refractivity (Wildman–Crippen MR) is 98.8 cm³/mol. The van der Waals surface area contributed by atoms with E-state index in [4.69, 9.17) is 5.26 Å². The van der Waals surface area contributed by atoms with Crippen LogP contribution in [-0.4, -0.2) is 52.3 Å². The topological polar surface area (TPSA) is 146 Å². The van der Waals surface area contributed by atoms with E-state index in [0.717, 1.165) is 6.26 Å². The highest BCUT2D eigenvalue weighted by atomic mass is 32.2. The van der Waals surface area contributed by atoms with E-state index >= 15 is 0 Å². The summed E-state index contributed by atoms with van der Waals surface area (Å²) in [5, 5.41) is 11.4. The number of carbonyl (C=O) groups excluding carboxylic acids is 1. The number of sulfonamides is 1. The van der Waals surface area contributed by atoms with Crippen molar-refractivity contribution in [3.05, 3.63) is 36.5 Å². The molecular weight excluding hydrogens is 392 g/mol. The Balaban J connectivity index is 2.29. The van der Waals surface area contributed by atoms with E-state index < -0.39 is 37.6 Å². The summed E-state index contributed by atoms with van der Waals surface area (Å²) in [5.74, 6) is -1.53. The molecule has 11 heteroatoms. The molecule has 9 nitrogen and oxygen atoms in total. The summed E-state index contributed by atoms with van der Waals surface area (Å²) in [4.78, 5) is 16.2. The van der Waals surface area contributed by atoms with Crippen LogP contribution in [0, 0.1) is 11.3 Å². The van der Waals surface area contributed by atoms with Crippen molar-refractivity contribution in [2.45, 2.75) is 17.4 Å². The van der Waals surface area contributed by atoms with Crippen molar-refractivity contribution in [2.24, 2.45) is 0 Å². The smallest absolute Gasteiger partial charge is 0.241 e. The van der Waals surface area contributed by atoms with Crippen molar-refractivity contribution >= 4 is 36.7 Å². The summed E-state index contributed by atoms with van der Waals surface area (Å²) in [6, 6.07) is 7.87. The van der Waals surface area contributed by atoms with Crippen LogP contribution in [0.15, 0.2) is 41.4 Å². The zero-order chi connectivity index (χ0) is 20.1. The van der Waals surface area contributed by atoms with Crippen LogP contribution >= 0.6 is 0 Å². The first-order chi connectivity index (χ1) is 12.6. The SMILES string of the molecule is CS(=O)(=O)CC(NS(=O)(=O)c1ccc2ncccc2c1)C(=O)NCCC#N. The number of nitrogens with one attached hydrogen (secondary N) is 2. The highest BCUT2D eigenvalue weighted by molar-refractivity contribution is 7.91. The van der Waals surface area contributed by atoms with Gasteiger partial charge in [-0.2, -0.15) is 9.98 Å². The Bertz CT molecular complexity index is 1090. The van der Waals surface area contributed by atoms with Gasteiger partial charge in [0, 0.05) is 24.4 Å². The van der Waals surface area contributed by atoms with E-state index in [1.165, 1.54) is 18.2 Å². The minimum atomic E-state index is -4.17. The van der Waals surface area contributed by atoms with Crippen LogP contribution < -0.4 is 10.0 Å². The van der Waals surface area contributed by atoms with Gasteiger partial charge in [0.25, 0.3) is 0 Å². The Labute approximate surface area is 157 Å². The molecule has 0 radical (unpaired) electrons. The number of sulfone groups is 1. The molecule has 1 aromatic carbocycles. The molecule has 1 unspecified atom stereocenters. The number of fused-ring (bicyclic) bond motifs is 1. The van der Waals surface area contributed by atoms with E-state index in [9.17, 15) is 21.6 Å². The lowest BCUT2D eigenvalue weighted by Crippen LogP contribution is -2.50. The summed E-state index contributed by atoms with van der Waals surface area (Å²) >= 11 is 0. The molecule has 0 aliphatic heterocycles. The number of hydrogen-bond donors (Lipinski definition) is 2.